The summed E-state index contributed by atoms with van der Waals surface area (Å²) in [5.41, 5.74) is 3.59. The quantitative estimate of drug-likeness (QED) is 0.295. The van der Waals surface area contributed by atoms with Crippen LogP contribution in [-0.2, 0) is 11.3 Å². The first-order valence-corrected chi connectivity index (χ1v) is 9.87. The number of oxime groups is 1. The summed E-state index contributed by atoms with van der Waals surface area (Å²) >= 11 is 1.34. The van der Waals surface area contributed by atoms with Gasteiger partial charge in [-0.1, -0.05) is 5.16 Å². The molecule has 1 aromatic carbocycles. The molecule has 4 rings (SSSR count). The minimum absolute atomic E-state index is 0.330. The summed E-state index contributed by atoms with van der Waals surface area (Å²) in [5, 5.41) is 14.0. The van der Waals surface area contributed by atoms with Crippen molar-refractivity contribution in [3.05, 3.63) is 40.5 Å². The van der Waals surface area contributed by atoms with Crippen LogP contribution in [0.5, 0.6) is 0 Å². The number of hydrogen-bond donors (Lipinski definition) is 1. The fourth-order valence-corrected chi connectivity index (χ4v) is 4.21. The van der Waals surface area contributed by atoms with Crippen molar-refractivity contribution in [2.45, 2.75) is 33.2 Å². The topological polar surface area (TPSA) is 76.7 Å². The van der Waals surface area contributed by atoms with Crippen molar-refractivity contribution >= 4 is 34.4 Å². The van der Waals surface area contributed by atoms with Crippen LogP contribution in [0.2, 0.25) is 0 Å². The number of rotatable bonds is 6. The van der Waals surface area contributed by atoms with Gasteiger partial charge in [0.05, 0.1) is 18.5 Å². The third-order valence-electron chi connectivity index (χ3n) is 4.76. The van der Waals surface area contributed by atoms with Gasteiger partial charge in [0.1, 0.15) is 9.88 Å². The molecule has 2 aromatic heterocycles. The second-order valence-electron chi connectivity index (χ2n) is 6.81. The Morgan fingerprint density at radius 3 is 3.00 bits per heavy atom. The molecule has 1 saturated carbocycles. The Balaban J connectivity index is 1.75. The lowest BCUT2D eigenvalue weighted by Gasteiger charge is -2.04. The number of aryl methyl sites for hydroxylation is 1. The number of hydrogen-bond acceptors (Lipinski definition) is 6. The molecule has 0 atom stereocenters. The molecule has 1 N–H and O–H groups in total. The highest BCUT2D eigenvalue weighted by atomic mass is 32.1. The third kappa shape index (κ3) is 3.47. The Morgan fingerprint density at radius 1 is 1.48 bits per heavy atom. The maximum atomic E-state index is 12.1. The van der Waals surface area contributed by atoms with Crippen LogP contribution in [0, 0.1) is 12.8 Å². The predicted molar refractivity (Wildman–Crippen MR) is 106 cm³/mol. The number of benzene rings is 1. The van der Waals surface area contributed by atoms with Gasteiger partial charge in [-0.15, -0.1) is 11.3 Å². The molecule has 0 saturated heterocycles. The van der Waals surface area contributed by atoms with E-state index in [4.69, 9.17) is 9.94 Å². The fourth-order valence-electron chi connectivity index (χ4n) is 3.26. The van der Waals surface area contributed by atoms with Gasteiger partial charge in [-0.05, 0) is 50.8 Å². The average molecular weight is 383 g/mol. The van der Waals surface area contributed by atoms with E-state index in [1.165, 1.54) is 30.4 Å². The van der Waals surface area contributed by atoms with Crippen molar-refractivity contribution in [3.63, 3.8) is 0 Å². The highest BCUT2D eigenvalue weighted by molar-refractivity contribution is 7.17. The zero-order valence-corrected chi connectivity index (χ0v) is 16.1. The van der Waals surface area contributed by atoms with Crippen LogP contribution in [0.3, 0.4) is 0 Å². The molecular formula is C20H21N3O3S. The Morgan fingerprint density at radius 2 is 2.30 bits per heavy atom. The van der Waals surface area contributed by atoms with Crippen LogP contribution < -0.4 is 0 Å². The number of thiazole rings is 1. The van der Waals surface area contributed by atoms with Gasteiger partial charge in [-0.3, -0.25) is 0 Å². The molecule has 1 aliphatic rings. The van der Waals surface area contributed by atoms with Gasteiger partial charge in [-0.25, -0.2) is 9.78 Å². The smallest absolute Gasteiger partial charge is 0.350 e. The number of ether oxygens (including phenoxy) is 1. The SMILES string of the molecule is CCOC(=O)c1sc(-c2ccc3c(c2)c(/C=N/O)cn3CC2CC2)nc1C. The maximum Gasteiger partial charge on any atom is 0.350 e. The van der Waals surface area contributed by atoms with Gasteiger partial charge in [0.25, 0.3) is 0 Å². The van der Waals surface area contributed by atoms with Gasteiger partial charge < -0.3 is 14.5 Å². The van der Waals surface area contributed by atoms with Crippen molar-refractivity contribution in [2.24, 2.45) is 11.1 Å². The summed E-state index contributed by atoms with van der Waals surface area (Å²) in [6.45, 7) is 4.94. The van der Waals surface area contributed by atoms with Gasteiger partial charge >= 0.3 is 5.97 Å². The van der Waals surface area contributed by atoms with E-state index in [0.717, 1.165) is 39.5 Å². The van der Waals surface area contributed by atoms with E-state index in [0.29, 0.717) is 17.2 Å². The summed E-state index contributed by atoms with van der Waals surface area (Å²) in [6.07, 6.45) is 6.04. The minimum Gasteiger partial charge on any atom is -0.462 e. The molecule has 2 heterocycles. The molecule has 3 aromatic rings. The van der Waals surface area contributed by atoms with Gasteiger partial charge in [0, 0.05) is 34.8 Å². The number of fused-ring (bicyclic) bond motifs is 1. The molecule has 27 heavy (non-hydrogen) atoms. The van der Waals surface area contributed by atoms with E-state index in [1.54, 1.807) is 6.92 Å². The normalized spacial score (nSPS) is 14.3. The minimum atomic E-state index is -0.330. The standard InChI is InChI=1S/C20H21N3O3S/c1-3-26-20(24)18-12(2)22-19(27-18)14-6-7-17-16(8-14)15(9-21-25)11-23(17)10-13-4-5-13/h6-9,11,13,25H,3-5,10H2,1-2H3/b21-9+. The van der Waals surface area contributed by atoms with Gasteiger partial charge in [0.15, 0.2) is 0 Å². The lowest BCUT2D eigenvalue weighted by molar-refractivity contribution is 0.0531. The molecule has 6 nitrogen and oxygen atoms in total. The summed E-state index contributed by atoms with van der Waals surface area (Å²) in [4.78, 5) is 17.2. The Bertz CT molecular complexity index is 1030. The van der Waals surface area contributed by atoms with Crippen LogP contribution in [0.4, 0.5) is 0 Å². The first-order valence-electron chi connectivity index (χ1n) is 9.06. The monoisotopic (exact) mass is 383 g/mol. The van der Waals surface area contributed by atoms with Crippen molar-refractivity contribution in [1.82, 2.24) is 9.55 Å². The lowest BCUT2D eigenvalue weighted by atomic mass is 10.1. The molecule has 0 amide bonds. The van der Waals surface area contributed by atoms with E-state index < -0.39 is 0 Å². The van der Waals surface area contributed by atoms with E-state index in [9.17, 15) is 4.79 Å². The summed E-state index contributed by atoms with van der Waals surface area (Å²) in [6, 6.07) is 6.14. The molecular weight excluding hydrogens is 362 g/mol. The third-order valence-corrected chi connectivity index (χ3v) is 5.95. The second kappa shape index (κ2) is 7.15. The molecule has 0 spiro atoms. The van der Waals surface area contributed by atoms with Gasteiger partial charge in [0.2, 0.25) is 0 Å². The molecule has 0 unspecified atom stereocenters. The fraction of sp³-hybridized carbons (Fsp3) is 0.350. The number of carbonyl (C=O) groups excluding carboxylic acids is 1. The van der Waals surface area contributed by atoms with Crippen LogP contribution in [0.25, 0.3) is 21.5 Å². The Labute approximate surface area is 161 Å². The number of aromatic nitrogens is 2. The summed E-state index contributed by atoms with van der Waals surface area (Å²) in [7, 11) is 0. The lowest BCUT2D eigenvalue weighted by Crippen LogP contribution is -2.03. The number of carbonyl (C=O) groups is 1. The van der Waals surface area contributed by atoms with Crippen LogP contribution in [0.1, 0.15) is 40.7 Å². The van der Waals surface area contributed by atoms with Crippen molar-refractivity contribution < 1.29 is 14.7 Å². The largest absolute Gasteiger partial charge is 0.462 e. The van der Waals surface area contributed by atoms with E-state index in [-0.39, 0.29) is 5.97 Å². The average Bonchev–Trinajstić information content (AvgIpc) is 3.29. The summed E-state index contributed by atoms with van der Waals surface area (Å²) < 4.78 is 7.34. The van der Waals surface area contributed by atoms with E-state index >= 15 is 0 Å². The van der Waals surface area contributed by atoms with Crippen molar-refractivity contribution in [3.8, 4) is 10.6 Å². The van der Waals surface area contributed by atoms with E-state index in [2.05, 4.69) is 20.8 Å². The molecule has 140 valence electrons. The zero-order chi connectivity index (χ0) is 19.0. The van der Waals surface area contributed by atoms with Crippen LogP contribution in [0.15, 0.2) is 29.6 Å². The molecule has 0 radical (unpaired) electrons. The molecule has 1 aliphatic carbocycles. The highest BCUT2D eigenvalue weighted by Crippen LogP contribution is 2.35. The van der Waals surface area contributed by atoms with Crippen molar-refractivity contribution in [2.75, 3.05) is 6.61 Å². The number of nitrogens with zero attached hydrogens (tertiary/aromatic N) is 3. The Kier molecular flexibility index (Phi) is 4.70. The van der Waals surface area contributed by atoms with Crippen LogP contribution in [-0.4, -0.2) is 33.5 Å². The van der Waals surface area contributed by atoms with Crippen molar-refractivity contribution in [1.29, 1.82) is 0 Å². The molecule has 1 fully saturated rings. The highest BCUT2D eigenvalue weighted by Gasteiger charge is 2.23. The first-order chi connectivity index (χ1) is 13.1. The zero-order valence-electron chi connectivity index (χ0n) is 15.3. The molecule has 0 bridgehead atoms. The number of esters is 1. The van der Waals surface area contributed by atoms with Gasteiger partial charge in [-0.2, -0.15) is 0 Å². The second-order valence-corrected chi connectivity index (χ2v) is 7.81. The first kappa shape index (κ1) is 17.7. The van der Waals surface area contributed by atoms with E-state index in [1.807, 2.05) is 25.3 Å². The predicted octanol–water partition coefficient (Wildman–Crippen LogP) is 4.47. The van der Waals surface area contributed by atoms with Crippen LogP contribution >= 0.6 is 11.3 Å². The maximum absolute atomic E-state index is 12.1. The Hall–Kier alpha value is -2.67. The molecule has 0 aliphatic heterocycles. The molecule has 7 heteroatoms. The summed E-state index contributed by atoms with van der Waals surface area (Å²) in [5.74, 6) is 0.413.